The third-order valence-corrected chi connectivity index (χ3v) is 4.97. The van der Waals surface area contributed by atoms with Gasteiger partial charge in [-0.2, -0.15) is 0 Å². The van der Waals surface area contributed by atoms with Gasteiger partial charge in [-0.25, -0.2) is 0 Å². The zero-order valence-corrected chi connectivity index (χ0v) is 15.7. The molecule has 0 amide bonds. The van der Waals surface area contributed by atoms with E-state index >= 15 is 0 Å². The van der Waals surface area contributed by atoms with Crippen LogP contribution in [-0.2, 0) is 6.42 Å². The van der Waals surface area contributed by atoms with E-state index in [9.17, 15) is 0 Å². The first-order valence-corrected chi connectivity index (χ1v) is 8.78. The molecular weight excluding hydrogens is 326 g/mol. The maximum Gasteiger partial charge on any atom is 0.133 e. The molecule has 0 saturated heterocycles. The zero-order chi connectivity index (χ0) is 15.9. The molecule has 3 heteroatoms. The fourth-order valence-corrected chi connectivity index (χ4v) is 3.28. The highest BCUT2D eigenvalue weighted by molar-refractivity contribution is 9.10. The van der Waals surface area contributed by atoms with Crippen LogP contribution in [0.1, 0.15) is 46.1 Å². The van der Waals surface area contributed by atoms with Crippen LogP contribution < -0.4 is 10.1 Å². The predicted octanol–water partition coefficient (Wildman–Crippen LogP) is 5.05. The van der Waals surface area contributed by atoms with Gasteiger partial charge in [-0.3, -0.25) is 0 Å². The lowest BCUT2D eigenvalue weighted by atomic mass is 9.77. The number of hydrogen-bond donors (Lipinski definition) is 1. The lowest BCUT2D eigenvalue weighted by molar-refractivity contribution is 0.243. The Morgan fingerprint density at radius 2 is 1.90 bits per heavy atom. The molecule has 0 heterocycles. The number of methoxy groups -OCH3 is 1. The van der Waals surface area contributed by atoms with Crippen LogP contribution in [0.25, 0.3) is 0 Å². The number of hydrogen-bond acceptors (Lipinski definition) is 2. The van der Waals surface area contributed by atoms with Gasteiger partial charge in [0.25, 0.3) is 0 Å². The Morgan fingerprint density at radius 1 is 1.24 bits per heavy atom. The highest BCUT2D eigenvalue weighted by Crippen LogP contribution is 2.33. The third kappa shape index (κ3) is 5.63. The minimum Gasteiger partial charge on any atom is -0.496 e. The minimum atomic E-state index is 0.336. The topological polar surface area (TPSA) is 21.3 Å². The van der Waals surface area contributed by atoms with Gasteiger partial charge in [-0.1, -0.05) is 33.8 Å². The summed E-state index contributed by atoms with van der Waals surface area (Å²) in [6, 6.07) is 6.44. The summed E-state index contributed by atoms with van der Waals surface area (Å²) in [4.78, 5) is 0. The van der Waals surface area contributed by atoms with E-state index in [1.165, 1.54) is 18.4 Å². The largest absolute Gasteiger partial charge is 0.496 e. The average molecular weight is 356 g/mol. The van der Waals surface area contributed by atoms with Crippen molar-refractivity contribution in [1.82, 2.24) is 5.32 Å². The van der Waals surface area contributed by atoms with Crippen LogP contribution in [0.15, 0.2) is 22.7 Å². The SMILES string of the molecule is CCC(CC)(CNCC(C)C)Cc1ccc(OC)c(Br)c1. The van der Waals surface area contributed by atoms with Gasteiger partial charge >= 0.3 is 0 Å². The Morgan fingerprint density at radius 3 is 2.38 bits per heavy atom. The Kier molecular flexibility index (Phi) is 7.75. The summed E-state index contributed by atoms with van der Waals surface area (Å²) in [6.07, 6.45) is 3.49. The fraction of sp³-hybridized carbons (Fsp3) is 0.667. The molecule has 1 N–H and O–H groups in total. The van der Waals surface area contributed by atoms with Gasteiger partial charge in [-0.15, -0.1) is 0 Å². The molecule has 0 aromatic heterocycles. The molecule has 2 nitrogen and oxygen atoms in total. The molecule has 21 heavy (non-hydrogen) atoms. The van der Waals surface area contributed by atoms with Gasteiger partial charge in [0.2, 0.25) is 0 Å². The third-order valence-electron chi connectivity index (χ3n) is 4.35. The Labute approximate surface area is 138 Å². The second-order valence-electron chi connectivity index (χ2n) is 6.38. The quantitative estimate of drug-likeness (QED) is 0.668. The molecule has 1 rings (SSSR count). The molecule has 0 unspecified atom stereocenters. The summed E-state index contributed by atoms with van der Waals surface area (Å²) >= 11 is 3.59. The van der Waals surface area contributed by atoms with Crippen molar-refractivity contribution in [3.8, 4) is 5.75 Å². The minimum absolute atomic E-state index is 0.336. The Balaban J connectivity index is 2.79. The first kappa shape index (κ1) is 18.5. The molecule has 0 bridgehead atoms. The first-order valence-electron chi connectivity index (χ1n) is 7.99. The second kappa shape index (κ2) is 8.79. The van der Waals surface area contributed by atoms with Crippen molar-refractivity contribution in [1.29, 1.82) is 0 Å². The number of nitrogens with one attached hydrogen (secondary N) is 1. The van der Waals surface area contributed by atoms with Crippen LogP contribution in [0, 0.1) is 11.3 Å². The fourth-order valence-electron chi connectivity index (χ4n) is 2.69. The van der Waals surface area contributed by atoms with E-state index in [0.29, 0.717) is 11.3 Å². The first-order chi connectivity index (χ1) is 9.96. The van der Waals surface area contributed by atoms with Gasteiger partial charge in [0, 0.05) is 6.54 Å². The Bertz CT molecular complexity index is 427. The average Bonchev–Trinajstić information content (AvgIpc) is 2.46. The molecular formula is C18H30BrNO. The van der Waals surface area contributed by atoms with Crippen LogP contribution in [0.3, 0.4) is 0 Å². The monoisotopic (exact) mass is 355 g/mol. The smallest absolute Gasteiger partial charge is 0.133 e. The summed E-state index contributed by atoms with van der Waals surface area (Å²) in [5.74, 6) is 1.60. The summed E-state index contributed by atoms with van der Waals surface area (Å²) in [5, 5.41) is 3.65. The lowest BCUT2D eigenvalue weighted by Crippen LogP contribution is -2.37. The van der Waals surface area contributed by atoms with Crippen LogP contribution in [-0.4, -0.2) is 20.2 Å². The standard InChI is InChI=1S/C18H30BrNO/c1-6-18(7-2,13-20-12-14(3)4)11-15-8-9-17(21-5)16(19)10-15/h8-10,14,20H,6-7,11-13H2,1-5H3. The number of rotatable bonds is 9. The molecule has 1 aromatic rings. The molecule has 0 aliphatic carbocycles. The van der Waals surface area contributed by atoms with Crippen LogP contribution in [0.2, 0.25) is 0 Å². The van der Waals surface area contributed by atoms with Crippen molar-refractivity contribution < 1.29 is 4.74 Å². The summed E-state index contributed by atoms with van der Waals surface area (Å²) < 4.78 is 6.36. The van der Waals surface area contributed by atoms with E-state index in [1.54, 1.807) is 7.11 Å². The summed E-state index contributed by atoms with van der Waals surface area (Å²) in [5.41, 5.74) is 1.71. The lowest BCUT2D eigenvalue weighted by Gasteiger charge is -2.33. The molecule has 1 aromatic carbocycles. The predicted molar refractivity (Wildman–Crippen MR) is 95.1 cm³/mol. The van der Waals surface area contributed by atoms with Crippen LogP contribution in [0.4, 0.5) is 0 Å². The van der Waals surface area contributed by atoms with Crippen LogP contribution >= 0.6 is 15.9 Å². The van der Waals surface area contributed by atoms with E-state index in [2.05, 4.69) is 67.1 Å². The van der Waals surface area contributed by atoms with E-state index in [0.717, 1.165) is 29.7 Å². The van der Waals surface area contributed by atoms with Gasteiger partial charge in [0.1, 0.15) is 5.75 Å². The molecule has 120 valence electrons. The van der Waals surface area contributed by atoms with Gasteiger partial charge in [0.05, 0.1) is 11.6 Å². The van der Waals surface area contributed by atoms with Crippen molar-refractivity contribution in [2.75, 3.05) is 20.2 Å². The van der Waals surface area contributed by atoms with Gasteiger partial charge in [-0.05, 0) is 70.8 Å². The summed E-state index contributed by atoms with van der Waals surface area (Å²) in [6.45, 7) is 11.3. The number of halogens is 1. The summed E-state index contributed by atoms with van der Waals surface area (Å²) in [7, 11) is 1.71. The maximum atomic E-state index is 5.31. The molecule has 0 radical (unpaired) electrons. The molecule has 0 atom stereocenters. The maximum absolute atomic E-state index is 5.31. The van der Waals surface area contributed by atoms with Crippen molar-refractivity contribution in [3.05, 3.63) is 28.2 Å². The highest BCUT2D eigenvalue weighted by atomic mass is 79.9. The van der Waals surface area contributed by atoms with Gasteiger partial charge < -0.3 is 10.1 Å². The van der Waals surface area contributed by atoms with E-state index in [-0.39, 0.29) is 0 Å². The van der Waals surface area contributed by atoms with Crippen molar-refractivity contribution >= 4 is 15.9 Å². The molecule has 0 aliphatic heterocycles. The molecule has 0 aliphatic rings. The Hall–Kier alpha value is -0.540. The van der Waals surface area contributed by atoms with Gasteiger partial charge in [0.15, 0.2) is 0 Å². The highest BCUT2D eigenvalue weighted by Gasteiger charge is 2.26. The molecule has 0 fully saturated rings. The van der Waals surface area contributed by atoms with E-state index < -0.39 is 0 Å². The number of ether oxygens (including phenoxy) is 1. The zero-order valence-electron chi connectivity index (χ0n) is 14.1. The normalized spacial score (nSPS) is 12.0. The molecule has 0 saturated carbocycles. The van der Waals surface area contributed by atoms with E-state index in [1.807, 2.05) is 0 Å². The van der Waals surface area contributed by atoms with E-state index in [4.69, 9.17) is 4.74 Å². The van der Waals surface area contributed by atoms with Crippen molar-refractivity contribution in [2.45, 2.75) is 47.0 Å². The number of benzene rings is 1. The van der Waals surface area contributed by atoms with Crippen LogP contribution in [0.5, 0.6) is 5.75 Å². The second-order valence-corrected chi connectivity index (χ2v) is 7.23. The molecule has 0 spiro atoms. The van der Waals surface area contributed by atoms with Crippen molar-refractivity contribution in [2.24, 2.45) is 11.3 Å². The van der Waals surface area contributed by atoms with Crippen molar-refractivity contribution in [3.63, 3.8) is 0 Å².